The Morgan fingerprint density at radius 3 is 2.40 bits per heavy atom. The second-order valence-electron chi connectivity index (χ2n) is 6.94. The van der Waals surface area contributed by atoms with Crippen molar-refractivity contribution in [3.63, 3.8) is 0 Å². The van der Waals surface area contributed by atoms with Gasteiger partial charge < -0.3 is 10.6 Å². The highest BCUT2D eigenvalue weighted by atomic mass is 127. The smallest absolute Gasteiger partial charge is 0.191 e. The van der Waals surface area contributed by atoms with E-state index in [1.165, 1.54) is 31.5 Å². The highest BCUT2D eigenvalue weighted by Gasteiger charge is 2.23. The molecule has 2 N–H and O–H groups in total. The summed E-state index contributed by atoms with van der Waals surface area (Å²) in [5.41, 5.74) is 1.38. The van der Waals surface area contributed by atoms with Crippen LogP contribution in [0, 0.1) is 0 Å². The van der Waals surface area contributed by atoms with Gasteiger partial charge in [0.1, 0.15) is 0 Å². The number of halogens is 1. The van der Waals surface area contributed by atoms with Gasteiger partial charge in [0.15, 0.2) is 5.96 Å². The number of thioether (sulfide) groups is 1. The Hall–Kier alpha value is -0.470. The minimum atomic E-state index is 0. The fraction of sp³-hybridized carbons (Fsp3) is 0.632. The van der Waals surface area contributed by atoms with Gasteiger partial charge in [-0.2, -0.15) is 11.8 Å². The van der Waals surface area contributed by atoms with E-state index in [0.717, 1.165) is 19.0 Å². The van der Waals surface area contributed by atoms with Crippen LogP contribution in [0.15, 0.2) is 35.3 Å². The van der Waals surface area contributed by atoms with Gasteiger partial charge >= 0.3 is 0 Å². The molecule has 1 saturated heterocycles. The van der Waals surface area contributed by atoms with Gasteiger partial charge in [-0.3, -0.25) is 9.89 Å². The van der Waals surface area contributed by atoms with Crippen molar-refractivity contribution >= 4 is 41.7 Å². The minimum Gasteiger partial charge on any atom is -0.355 e. The van der Waals surface area contributed by atoms with Crippen molar-refractivity contribution in [1.82, 2.24) is 15.5 Å². The molecule has 0 spiro atoms. The zero-order valence-electron chi connectivity index (χ0n) is 15.9. The quantitative estimate of drug-likeness (QED) is 0.357. The highest BCUT2D eigenvalue weighted by Crippen LogP contribution is 2.24. The second kappa shape index (κ2) is 11.3. The molecule has 0 aliphatic carbocycles. The molecule has 25 heavy (non-hydrogen) atoms. The van der Waals surface area contributed by atoms with Crippen LogP contribution in [-0.4, -0.2) is 55.1 Å². The number of hydrogen-bond acceptors (Lipinski definition) is 3. The normalized spacial score (nSPS) is 17.0. The first-order chi connectivity index (χ1) is 11.6. The first kappa shape index (κ1) is 22.6. The lowest BCUT2D eigenvalue weighted by molar-refractivity contribution is 0.245. The predicted octanol–water partition coefficient (Wildman–Crippen LogP) is 3.75. The lowest BCUT2D eigenvalue weighted by Crippen LogP contribution is -2.46. The van der Waals surface area contributed by atoms with E-state index in [1.54, 1.807) is 0 Å². The van der Waals surface area contributed by atoms with E-state index in [4.69, 9.17) is 0 Å². The molecule has 1 fully saturated rings. The lowest BCUT2D eigenvalue weighted by atomic mass is 10.1. The Bertz CT molecular complexity index is 515. The van der Waals surface area contributed by atoms with Crippen LogP contribution >= 0.6 is 35.7 Å². The standard InChI is InChI=1S/C19H32N4S.HI/c1-19(2,24-4)15-22-18(20-3)21-14-17(23-12-8-9-13-23)16-10-6-5-7-11-16;/h5-7,10-11,17H,8-9,12-15H2,1-4H3,(H2,20,21,22);1H. The van der Waals surface area contributed by atoms with Crippen molar-refractivity contribution in [3.05, 3.63) is 35.9 Å². The molecule has 0 bridgehead atoms. The summed E-state index contributed by atoms with van der Waals surface area (Å²) in [4.78, 5) is 6.97. The van der Waals surface area contributed by atoms with E-state index in [2.05, 4.69) is 71.0 Å². The topological polar surface area (TPSA) is 39.7 Å². The van der Waals surface area contributed by atoms with Crippen molar-refractivity contribution in [1.29, 1.82) is 0 Å². The third-order valence-electron chi connectivity index (χ3n) is 4.69. The van der Waals surface area contributed by atoms with E-state index < -0.39 is 0 Å². The molecule has 1 aliphatic heterocycles. The summed E-state index contributed by atoms with van der Waals surface area (Å²) >= 11 is 1.87. The summed E-state index contributed by atoms with van der Waals surface area (Å²) in [5, 5.41) is 6.99. The molecule has 0 aromatic heterocycles. The lowest BCUT2D eigenvalue weighted by Gasteiger charge is -2.29. The average molecular weight is 476 g/mol. The first-order valence-electron chi connectivity index (χ1n) is 8.84. The van der Waals surface area contributed by atoms with Crippen LogP contribution in [0.3, 0.4) is 0 Å². The van der Waals surface area contributed by atoms with Crippen molar-refractivity contribution in [3.8, 4) is 0 Å². The fourth-order valence-electron chi connectivity index (χ4n) is 2.97. The number of likely N-dealkylation sites (tertiary alicyclic amines) is 1. The zero-order chi connectivity index (χ0) is 17.4. The summed E-state index contributed by atoms with van der Waals surface area (Å²) in [6, 6.07) is 11.2. The summed E-state index contributed by atoms with van der Waals surface area (Å²) in [6.07, 6.45) is 4.76. The van der Waals surface area contributed by atoms with Crippen molar-refractivity contribution < 1.29 is 0 Å². The van der Waals surface area contributed by atoms with Crippen LogP contribution in [-0.2, 0) is 0 Å². The zero-order valence-corrected chi connectivity index (χ0v) is 19.1. The maximum absolute atomic E-state index is 4.38. The van der Waals surface area contributed by atoms with Crippen molar-refractivity contribution in [2.45, 2.75) is 37.5 Å². The number of nitrogens with zero attached hydrogens (tertiary/aromatic N) is 2. The van der Waals surface area contributed by atoms with E-state index in [0.29, 0.717) is 6.04 Å². The third-order valence-corrected chi connectivity index (χ3v) is 5.94. The molecule has 1 aromatic rings. The Kier molecular flexibility index (Phi) is 10.2. The average Bonchev–Trinajstić information content (AvgIpc) is 3.13. The van der Waals surface area contributed by atoms with Gasteiger partial charge in [0.05, 0.1) is 6.04 Å². The Morgan fingerprint density at radius 2 is 1.84 bits per heavy atom. The van der Waals surface area contributed by atoms with E-state index in [1.807, 2.05) is 18.8 Å². The molecule has 0 saturated carbocycles. The predicted molar refractivity (Wildman–Crippen MR) is 122 cm³/mol. The maximum atomic E-state index is 4.38. The Balaban J connectivity index is 0.00000312. The van der Waals surface area contributed by atoms with Gasteiger partial charge in [-0.15, -0.1) is 24.0 Å². The molecular weight excluding hydrogens is 443 g/mol. The second-order valence-corrected chi connectivity index (χ2v) is 8.45. The molecule has 2 rings (SSSR count). The Morgan fingerprint density at radius 1 is 1.20 bits per heavy atom. The van der Waals surface area contributed by atoms with Crippen LogP contribution in [0.5, 0.6) is 0 Å². The third kappa shape index (κ3) is 7.35. The van der Waals surface area contributed by atoms with E-state index in [9.17, 15) is 0 Å². The van der Waals surface area contributed by atoms with Gasteiger partial charge in [-0.25, -0.2) is 0 Å². The monoisotopic (exact) mass is 476 g/mol. The first-order valence-corrected chi connectivity index (χ1v) is 10.1. The van der Waals surface area contributed by atoms with Gasteiger partial charge in [0, 0.05) is 24.9 Å². The van der Waals surface area contributed by atoms with Crippen molar-refractivity contribution in [2.75, 3.05) is 39.5 Å². The summed E-state index contributed by atoms with van der Waals surface area (Å²) in [5.74, 6) is 0.886. The largest absolute Gasteiger partial charge is 0.355 e. The molecular formula is C19H33IN4S. The minimum absolute atomic E-state index is 0. The van der Waals surface area contributed by atoms with Gasteiger partial charge in [-0.1, -0.05) is 30.3 Å². The van der Waals surface area contributed by atoms with E-state index >= 15 is 0 Å². The summed E-state index contributed by atoms with van der Waals surface area (Å²) in [7, 11) is 1.84. The van der Waals surface area contributed by atoms with E-state index in [-0.39, 0.29) is 28.7 Å². The van der Waals surface area contributed by atoms with Crippen molar-refractivity contribution in [2.24, 2.45) is 4.99 Å². The number of aliphatic imine (C=N–C) groups is 1. The molecule has 0 amide bonds. The summed E-state index contributed by atoms with van der Waals surface area (Å²) in [6.45, 7) is 8.64. The number of guanidine groups is 1. The number of hydrogen-bond donors (Lipinski definition) is 2. The van der Waals surface area contributed by atoms with Crippen LogP contribution in [0.25, 0.3) is 0 Å². The SMILES string of the molecule is CN=C(NCC(c1ccccc1)N1CCCC1)NCC(C)(C)SC.I. The molecule has 1 aromatic carbocycles. The molecule has 6 heteroatoms. The van der Waals surface area contributed by atoms with Crippen LogP contribution in [0.2, 0.25) is 0 Å². The number of rotatable bonds is 7. The maximum Gasteiger partial charge on any atom is 0.191 e. The summed E-state index contributed by atoms with van der Waals surface area (Å²) < 4.78 is 0.200. The molecule has 1 aliphatic rings. The van der Waals surface area contributed by atoms with Crippen LogP contribution in [0.4, 0.5) is 0 Å². The van der Waals surface area contributed by atoms with Gasteiger partial charge in [0.25, 0.3) is 0 Å². The molecule has 142 valence electrons. The Labute approximate surface area is 174 Å². The van der Waals surface area contributed by atoms with Crippen LogP contribution < -0.4 is 10.6 Å². The van der Waals surface area contributed by atoms with Gasteiger partial charge in [0.2, 0.25) is 0 Å². The number of benzene rings is 1. The molecule has 1 heterocycles. The number of nitrogens with one attached hydrogen (secondary N) is 2. The highest BCUT2D eigenvalue weighted by molar-refractivity contribution is 14.0. The van der Waals surface area contributed by atoms with Crippen LogP contribution in [0.1, 0.15) is 38.3 Å². The fourth-order valence-corrected chi connectivity index (χ4v) is 3.19. The molecule has 1 unspecified atom stereocenters. The molecule has 1 atom stereocenters. The molecule has 0 radical (unpaired) electrons. The molecule has 4 nitrogen and oxygen atoms in total. The van der Waals surface area contributed by atoms with Gasteiger partial charge in [-0.05, 0) is 51.6 Å².